The fraction of sp³-hybridized carbons (Fsp3) is 0.611. The topological polar surface area (TPSA) is 79.9 Å². The molecule has 258 valence electrons. The van der Waals surface area contributed by atoms with Gasteiger partial charge in [-0.2, -0.15) is 0 Å². The highest BCUT2D eigenvalue weighted by atomic mass is 35.5. The molecule has 10 heteroatoms. The van der Waals surface area contributed by atoms with Gasteiger partial charge in [-0.3, -0.25) is 9.59 Å². The number of ketones is 2. The maximum Gasteiger partial charge on any atom is 0.171 e. The fourth-order valence-corrected chi connectivity index (χ4v) is 6.05. The van der Waals surface area contributed by atoms with Crippen molar-refractivity contribution in [3.63, 3.8) is 0 Å². The van der Waals surface area contributed by atoms with Crippen molar-refractivity contribution in [1.29, 1.82) is 0 Å². The summed E-state index contributed by atoms with van der Waals surface area (Å²) in [5.41, 5.74) is 1.43. The van der Waals surface area contributed by atoms with E-state index < -0.39 is 0 Å². The molecule has 2 aliphatic heterocycles. The van der Waals surface area contributed by atoms with Crippen molar-refractivity contribution >= 4 is 11.6 Å². The average Bonchev–Trinajstić information content (AvgIpc) is 3.07. The van der Waals surface area contributed by atoms with Crippen molar-refractivity contribution in [3.05, 3.63) is 59.7 Å². The quantitative estimate of drug-likeness (QED) is 0.121. The van der Waals surface area contributed by atoms with Crippen LogP contribution in [0, 0.1) is 11.8 Å². The van der Waals surface area contributed by atoms with Crippen molar-refractivity contribution in [2.45, 2.75) is 52.4 Å². The van der Waals surface area contributed by atoms with E-state index in [0.717, 1.165) is 103 Å². The first-order valence-electron chi connectivity index (χ1n) is 16.9. The monoisotopic (exact) mass is 680 g/mol. The van der Waals surface area contributed by atoms with Crippen molar-refractivity contribution in [2.75, 3.05) is 78.9 Å². The average molecular weight is 682 g/mol. The molecule has 0 aliphatic carbocycles. The number of rotatable bonds is 19. The number of Topliss-reactive ketones (excluding diaryl/α,β-unsaturated/α-hetero) is 2. The highest BCUT2D eigenvalue weighted by molar-refractivity contribution is 5.99. The zero-order valence-corrected chi connectivity index (χ0v) is 29.2. The Kier molecular flexibility index (Phi) is 19.5. The summed E-state index contributed by atoms with van der Waals surface area (Å²) in [5, 5.41) is 0. The van der Waals surface area contributed by atoms with Gasteiger partial charge in [0.05, 0.1) is 64.6 Å². The third kappa shape index (κ3) is 13.1. The van der Waals surface area contributed by atoms with E-state index in [9.17, 15) is 9.59 Å². The number of carbonyl (C=O) groups excluding carboxylic acids is 2. The van der Waals surface area contributed by atoms with E-state index in [-0.39, 0.29) is 48.2 Å². The molecule has 2 aromatic carbocycles. The minimum absolute atomic E-state index is 0. The summed E-state index contributed by atoms with van der Waals surface area (Å²) in [6, 6.07) is 15.2. The predicted octanol–water partition coefficient (Wildman–Crippen LogP) is -3.04. The van der Waals surface area contributed by atoms with Crippen molar-refractivity contribution < 1.29 is 63.2 Å². The third-order valence-corrected chi connectivity index (χ3v) is 8.89. The summed E-state index contributed by atoms with van der Waals surface area (Å²) >= 11 is 0. The number of nitrogens with one attached hydrogen (secondary N) is 2. The molecule has 0 aromatic heterocycles. The van der Waals surface area contributed by atoms with Crippen LogP contribution in [0.5, 0.6) is 11.5 Å². The SMILES string of the molecule is CCCCOc1ccc(C(=O)C(CCC(C[NH+]2CCOCC2)C(=O)c2ccc(OCCCC)cc2)C[NH+]2CCOCC2)cc1.[Cl-].[Cl-]. The van der Waals surface area contributed by atoms with E-state index in [4.69, 9.17) is 18.9 Å². The Morgan fingerprint density at radius 2 is 0.978 bits per heavy atom. The molecular formula is C36H54Cl2N2O6. The molecule has 0 saturated carbocycles. The first-order chi connectivity index (χ1) is 21.6. The number of quaternary nitrogens is 2. The van der Waals surface area contributed by atoms with Crippen LogP contribution in [-0.2, 0) is 9.47 Å². The van der Waals surface area contributed by atoms with Gasteiger partial charge in [0.2, 0.25) is 0 Å². The molecule has 0 bridgehead atoms. The number of unbranched alkanes of at least 4 members (excludes halogenated alkanes) is 2. The maximum atomic E-state index is 14.0. The van der Waals surface area contributed by atoms with Crippen LogP contribution in [-0.4, -0.2) is 90.5 Å². The van der Waals surface area contributed by atoms with E-state index in [1.807, 2.05) is 48.5 Å². The number of halogens is 2. The summed E-state index contributed by atoms with van der Waals surface area (Å²) in [7, 11) is 0. The van der Waals surface area contributed by atoms with Crippen LogP contribution in [0.3, 0.4) is 0 Å². The second-order valence-corrected chi connectivity index (χ2v) is 12.3. The normalized spacial score (nSPS) is 16.8. The highest BCUT2D eigenvalue weighted by Gasteiger charge is 2.32. The van der Waals surface area contributed by atoms with Crippen molar-refractivity contribution in [1.82, 2.24) is 0 Å². The molecule has 2 aliphatic rings. The van der Waals surface area contributed by atoms with Gasteiger partial charge in [0, 0.05) is 11.1 Å². The third-order valence-electron chi connectivity index (χ3n) is 8.89. The molecule has 2 atom stereocenters. The lowest BCUT2D eigenvalue weighted by Gasteiger charge is -2.29. The Labute approximate surface area is 288 Å². The van der Waals surface area contributed by atoms with E-state index in [1.165, 1.54) is 9.80 Å². The molecular weight excluding hydrogens is 627 g/mol. The lowest BCUT2D eigenvalue weighted by atomic mass is 9.86. The Morgan fingerprint density at radius 3 is 1.30 bits per heavy atom. The Morgan fingerprint density at radius 1 is 0.630 bits per heavy atom. The summed E-state index contributed by atoms with van der Waals surface area (Å²) in [6.07, 6.45) is 5.53. The molecule has 2 fully saturated rings. The Balaban J connectivity index is 0.00000368. The number of ether oxygens (including phenoxy) is 4. The second kappa shape index (κ2) is 22.4. The van der Waals surface area contributed by atoms with Gasteiger partial charge in [-0.05, 0) is 74.2 Å². The van der Waals surface area contributed by atoms with Crippen LogP contribution >= 0.6 is 0 Å². The lowest BCUT2D eigenvalue weighted by molar-refractivity contribution is -0.911. The first-order valence-corrected chi connectivity index (χ1v) is 16.9. The summed E-state index contributed by atoms with van der Waals surface area (Å²) in [6.45, 7) is 13.7. The number of hydrogen-bond donors (Lipinski definition) is 2. The van der Waals surface area contributed by atoms with Crippen molar-refractivity contribution in [2.24, 2.45) is 11.8 Å². The number of carbonyl (C=O) groups is 2. The fourth-order valence-electron chi connectivity index (χ4n) is 6.05. The molecule has 0 radical (unpaired) electrons. The van der Waals surface area contributed by atoms with Gasteiger partial charge in [-0.15, -0.1) is 0 Å². The minimum Gasteiger partial charge on any atom is -1.00 e. The molecule has 2 aromatic rings. The minimum atomic E-state index is -0.167. The summed E-state index contributed by atoms with van der Waals surface area (Å²) in [4.78, 5) is 30.7. The molecule has 2 N–H and O–H groups in total. The zero-order chi connectivity index (χ0) is 31.0. The van der Waals surface area contributed by atoms with E-state index in [0.29, 0.717) is 37.2 Å². The lowest BCUT2D eigenvalue weighted by Crippen LogP contribution is -3.15. The van der Waals surface area contributed by atoms with Crippen LogP contribution in [0.2, 0.25) is 0 Å². The van der Waals surface area contributed by atoms with Crippen LogP contribution in [0.25, 0.3) is 0 Å². The van der Waals surface area contributed by atoms with Crippen LogP contribution in [0.15, 0.2) is 48.5 Å². The molecule has 0 spiro atoms. The second-order valence-electron chi connectivity index (χ2n) is 12.3. The zero-order valence-electron chi connectivity index (χ0n) is 27.7. The molecule has 2 unspecified atom stereocenters. The smallest absolute Gasteiger partial charge is 0.171 e. The van der Waals surface area contributed by atoms with E-state index >= 15 is 0 Å². The predicted molar refractivity (Wildman–Crippen MR) is 171 cm³/mol. The molecule has 46 heavy (non-hydrogen) atoms. The molecule has 0 amide bonds. The van der Waals surface area contributed by atoms with Gasteiger partial charge in [-0.1, -0.05) is 26.7 Å². The van der Waals surface area contributed by atoms with Gasteiger partial charge in [-0.25, -0.2) is 0 Å². The standard InChI is InChI=1S/C36H52N2O6.2ClH/c1-3-5-21-43-33-13-9-29(10-14-33)35(39)31(27-37-17-23-41-24-18-37)7-8-32(28-38-19-25-42-26-20-38)36(40)30-11-15-34(16-12-30)44-22-6-4-2;;/h9-16,31-32H,3-8,17-28H2,1-2H3;2*1H. The van der Waals surface area contributed by atoms with Gasteiger partial charge in [0.25, 0.3) is 0 Å². The van der Waals surface area contributed by atoms with Gasteiger partial charge < -0.3 is 53.6 Å². The molecule has 2 saturated heterocycles. The highest BCUT2D eigenvalue weighted by Crippen LogP contribution is 2.23. The van der Waals surface area contributed by atoms with E-state index in [1.54, 1.807) is 0 Å². The molecule has 2 heterocycles. The number of benzene rings is 2. The Bertz CT molecular complexity index is 1030. The molecule has 4 rings (SSSR count). The van der Waals surface area contributed by atoms with Crippen LogP contribution < -0.4 is 44.1 Å². The summed E-state index contributed by atoms with van der Waals surface area (Å²) < 4.78 is 22.8. The van der Waals surface area contributed by atoms with Crippen LogP contribution in [0.4, 0.5) is 0 Å². The van der Waals surface area contributed by atoms with Gasteiger partial charge >= 0.3 is 0 Å². The summed E-state index contributed by atoms with van der Waals surface area (Å²) in [5.74, 6) is 1.57. The largest absolute Gasteiger partial charge is 1.00 e. The first kappa shape index (κ1) is 40.0. The number of hydrogen-bond acceptors (Lipinski definition) is 6. The van der Waals surface area contributed by atoms with E-state index in [2.05, 4.69) is 13.8 Å². The van der Waals surface area contributed by atoms with Gasteiger partial charge in [0.15, 0.2) is 11.6 Å². The van der Waals surface area contributed by atoms with Gasteiger partial charge in [0.1, 0.15) is 37.7 Å². The number of morpholine rings is 2. The van der Waals surface area contributed by atoms with Crippen LogP contribution in [0.1, 0.15) is 73.1 Å². The maximum absolute atomic E-state index is 14.0. The van der Waals surface area contributed by atoms with Crippen molar-refractivity contribution in [3.8, 4) is 11.5 Å². The Hall–Kier alpha value is -2.20. The molecule has 8 nitrogen and oxygen atoms in total.